The summed E-state index contributed by atoms with van der Waals surface area (Å²) in [6.45, 7) is -0.223. The van der Waals surface area contributed by atoms with Crippen LogP contribution in [0.3, 0.4) is 0 Å². The first-order chi connectivity index (χ1) is 14.4. The highest BCUT2D eigenvalue weighted by Crippen LogP contribution is 2.67. The van der Waals surface area contributed by atoms with Crippen molar-refractivity contribution in [1.82, 2.24) is 10.3 Å². The van der Waals surface area contributed by atoms with Crippen LogP contribution in [0.25, 0.3) is 0 Å². The molecule has 2 aromatic rings. The average molecular weight is 430 g/mol. The van der Waals surface area contributed by atoms with Crippen LogP contribution in [0.4, 0.5) is 10.2 Å². The lowest BCUT2D eigenvalue weighted by Crippen LogP contribution is -2.78. The number of nitrogens with one attached hydrogen (secondary N) is 2. The van der Waals surface area contributed by atoms with Gasteiger partial charge in [0.15, 0.2) is 6.61 Å². The number of pyridine rings is 1. The molecule has 2 bridgehead atoms. The molecule has 0 atom stereocenters. The maximum absolute atomic E-state index is 13.4. The van der Waals surface area contributed by atoms with Crippen molar-refractivity contribution in [3.63, 3.8) is 0 Å². The van der Waals surface area contributed by atoms with Crippen molar-refractivity contribution in [2.75, 3.05) is 11.9 Å². The third kappa shape index (κ3) is 3.51. The molecule has 0 unspecified atom stereocenters. The third-order valence-electron chi connectivity index (χ3n) is 6.25. The molecule has 0 aliphatic heterocycles. The van der Waals surface area contributed by atoms with Gasteiger partial charge in [-0.2, -0.15) is 0 Å². The number of amides is 2. The second-order valence-corrected chi connectivity index (χ2v) is 9.12. The van der Waals surface area contributed by atoms with Crippen LogP contribution >= 0.6 is 11.6 Å². The molecule has 6 nitrogen and oxygen atoms in total. The first-order valence-electron chi connectivity index (χ1n) is 10.0. The van der Waals surface area contributed by atoms with Crippen molar-refractivity contribution in [3.05, 3.63) is 52.9 Å². The maximum Gasteiger partial charge on any atom is 0.258 e. The zero-order valence-corrected chi connectivity index (χ0v) is 17.0. The van der Waals surface area contributed by atoms with E-state index in [1.54, 1.807) is 0 Å². The van der Waals surface area contributed by atoms with Crippen LogP contribution < -0.4 is 15.4 Å². The van der Waals surface area contributed by atoms with Crippen molar-refractivity contribution in [2.24, 2.45) is 5.41 Å². The molecule has 4 saturated carbocycles. The fourth-order valence-electron chi connectivity index (χ4n) is 4.59. The van der Waals surface area contributed by atoms with Crippen molar-refractivity contribution in [1.29, 1.82) is 0 Å². The summed E-state index contributed by atoms with van der Waals surface area (Å²) < 4.78 is 18.7. The minimum atomic E-state index is -0.599. The van der Waals surface area contributed by atoms with Gasteiger partial charge in [-0.1, -0.05) is 17.7 Å². The normalized spacial score (nSPS) is 26.2. The van der Waals surface area contributed by atoms with E-state index in [1.165, 1.54) is 30.5 Å². The van der Waals surface area contributed by atoms with Crippen LogP contribution in [0.2, 0.25) is 5.02 Å². The Morgan fingerprint density at radius 1 is 1.20 bits per heavy atom. The Hall–Kier alpha value is -2.67. The van der Waals surface area contributed by atoms with Crippen LogP contribution in [0.15, 0.2) is 36.5 Å². The lowest BCUT2D eigenvalue weighted by atomic mass is 9.39. The van der Waals surface area contributed by atoms with E-state index in [0.29, 0.717) is 31.0 Å². The van der Waals surface area contributed by atoms with E-state index < -0.39 is 11.2 Å². The van der Waals surface area contributed by atoms with Gasteiger partial charge >= 0.3 is 0 Å². The van der Waals surface area contributed by atoms with E-state index in [4.69, 9.17) is 16.3 Å². The molecular formula is C22H21ClFN3O3. The zero-order valence-electron chi connectivity index (χ0n) is 16.2. The molecule has 0 saturated heterocycles. The van der Waals surface area contributed by atoms with E-state index in [0.717, 1.165) is 6.07 Å². The highest BCUT2D eigenvalue weighted by atomic mass is 35.5. The molecule has 6 rings (SSSR count). The van der Waals surface area contributed by atoms with Gasteiger partial charge in [-0.3, -0.25) is 9.59 Å². The quantitative estimate of drug-likeness (QED) is 0.701. The van der Waals surface area contributed by atoms with Gasteiger partial charge in [0.05, 0.1) is 10.4 Å². The van der Waals surface area contributed by atoms with E-state index in [-0.39, 0.29) is 34.7 Å². The fraction of sp³-hybridized carbons (Fsp3) is 0.409. The number of benzene rings is 1. The number of carbonyl (C=O) groups is 2. The highest BCUT2D eigenvalue weighted by Gasteiger charge is 2.72. The second-order valence-electron chi connectivity index (χ2n) is 8.71. The van der Waals surface area contributed by atoms with Crippen LogP contribution in [-0.4, -0.2) is 28.9 Å². The number of halogens is 2. The van der Waals surface area contributed by atoms with Gasteiger partial charge in [-0.15, -0.1) is 0 Å². The molecule has 30 heavy (non-hydrogen) atoms. The summed E-state index contributed by atoms with van der Waals surface area (Å²) in [5, 5.41) is 5.85. The van der Waals surface area contributed by atoms with Crippen molar-refractivity contribution >= 4 is 29.2 Å². The first-order valence-corrected chi connectivity index (χ1v) is 10.4. The van der Waals surface area contributed by atoms with Gasteiger partial charge in [0.25, 0.3) is 5.91 Å². The Kier molecular flexibility index (Phi) is 4.47. The zero-order chi connectivity index (χ0) is 20.9. The number of carbonyl (C=O) groups excluding carboxylic acids is 2. The topological polar surface area (TPSA) is 80.3 Å². The fourth-order valence-corrected chi connectivity index (χ4v) is 4.71. The minimum Gasteiger partial charge on any atom is -0.484 e. The maximum atomic E-state index is 13.4. The molecule has 0 radical (unpaired) electrons. The Morgan fingerprint density at radius 2 is 1.97 bits per heavy atom. The number of rotatable bonds is 7. The third-order valence-corrected chi connectivity index (χ3v) is 6.56. The molecule has 4 aliphatic carbocycles. The Labute approximate surface area is 178 Å². The number of hydrogen-bond donors (Lipinski definition) is 2. The minimum absolute atomic E-state index is 0.00157. The number of nitrogens with zero attached hydrogens (tertiary/aromatic N) is 1. The number of aromatic nitrogens is 1. The van der Waals surface area contributed by atoms with Crippen LogP contribution in [0.1, 0.15) is 43.6 Å². The molecule has 2 amide bonds. The smallest absolute Gasteiger partial charge is 0.258 e. The van der Waals surface area contributed by atoms with Gasteiger partial charge in [0.2, 0.25) is 5.91 Å². The van der Waals surface area contributed by atoms with Crippen LogP contribution in [0, 0.1) is 11.2 Å². The predicted molar refractivity (Wildman–Crippen MR) is 109 cm³/mol. The Balaban J connectivity index is 1.09. The highest BCUT2D eigenvalue weighted by molar-refractivity contribution is 6.30. The molecule has 8 heteroatoms. The van der Waals surface area contributed by atoms with Crippen molar-refractivity contribution in [3.8, 4) is 5.75 Å². The van der Waals surface area contributed by atoms with Gasteiger partial charge in [0.1, 0.15) is 17.4 Å². The summed E-state index contributed by atoms with van der Waals surface area (Å²) in [6, 6.07) is 7.90. The Bertz CT molecular complexity index is 1000. The lowest BCUT2D eigenvalue weighted by Gasteiger charge is -2.69. The Morgan fingerprint density at radius 3 is 2.60 bits per heavy atom. The molecule has 1 aromatic carbocycles. The molecule has 4 aliphatic rings. The second kappa shape index (κ2) is 6.94. The molecule has 1 heterocycles. The summed E-state index contributed by atoms with van der Waals surface area (Å²) >= 11 is 5.63. The SMILES string of the molecule is O=C(COc1ccc(Cl)c(F)c1)NC12CC(C(=O)Nc3ccc(C4CC4)cn3)(C1)C2. The number of anilines is 1. The van der Waals surface area contributed by atoms with Gasteiger partial charge in [-0.25, -0.2) is 9.37 Å². The summed E-state index contributed by atoms with van der Waals surface area (Å²) in [5.74, 6) is 0.496. The number of ether oxygens (including phenoxy) is 1. The van der Waals surface area contributed by atoms with Gasteiger partial charge in [-0.05, 0) is 61.8 Å². The summed E-state index contributed by atoms with van der Waals surface area (Å²) in [4.78, 5) is 29.2. The van der Waals surface area contributed by atoms with Crippen molar-refractivity contribution in [2.45, 2.75) is 43.6 Å². The summed E-state index contributed by atoms with van der Waals surface area (Å²) in [5.41, 5.74) is 0.458. The molecular weight excluding hydrogens is 409 g/mol. The van der Waals surface area contributed by atoms with Gasteiger partial charge < -0.3 is 15.4 Å². The standard InChI is InChI=1S/C22H21ClFN3O3/c23-16-5-4-15(7-17(16)24)30-9-19(28)27-22-10-21(11-22,12-22)20(29)26-18-6-3-14(8-25-18)13-1-2-13/h3-8,13H,1-2,9-12H2,(H,27,28)(H,25,26,29). The van der Waals surface area contributed by atoms with E-state index >= 15 is 0 Å². The van der Waals surface area contributed by atoms with Crippen LogP contribution in [-0.2, 0) is 9.59 Å². The first kappa shape index (κ1) is 19.3. The molecule has 0 spiro atoms. The largest absolute Gasteiger partial charge is 0.484 e. The van der Waals surface area contributed by atoms with Crippen LogP contribution in [0.5, 0.6) is 5.75 Å². The van der Waals surface area contributed by atoms with Crippen molar-refractivity contribution < 1.29 is 18.7 Å². The molecule has 1 aromatic heterocycles. The lowest BCUT2D eigenvalue weighted by molar-refractivity contribution is -0.179. The average Bonchev–Trinajstić information content (AvgIpc) is 3.50. The molecule has 4 fully saturated rings. The van der Waals surface area contributed by atoms with E-state index in [2.05, 4.69) is 15.6 Å². The monoisotopic (exact) mass is 429 g/mol. The molecule has 2 N–H and O–H groups in total. The number of hydrogen-bond acceptors (Lipinski definition) is 4. The van der Waals surface area contributed by atoms with E-state index in [9.17, 15) is 14.0 Å². The van der Waals surface area contributed by atoms with E-state index in [1.807, 2.05) is 18.3 Å². The summed E-state index contributed by atoms with van der Waals surface area (Å²) in [7, 11) is 0. The summed E-state index contributed by atoms with van der Waals surface area (Å²) in [6.07, 6.45) is 6.08. The van der Waals surface area contributed by atoms with Gasteiger partial charge in [0, 0.05) is 17.8 Å². The predicted octanol–water partition coefficient (Wildman–Crippen LogP) is 3.81. The molecule has 156 valence electrons.